The summed E-state index contributed by atoms with van der Waals surface area (Å²) in [4.78, 5) is 41.6. The predicted octanol–water partition coefficient (Wildman–Crippen LogP) is 7.64. The van der Waals surface area contributed by atoms with E-state index < -0.39 is 0 Å². The Morgan fingerprint density at radius 3 is 2.07 bits per heavy atom. The molecule has 1 aliphatic rings. The Kier molecular flexibility index (Phi) is 9.81. The summed E-state index contributed by atoms with van der Waals surface area (Å²) in [5.41, 5.74) is 1.93. The molecule has 8 heteroatoms. The van der Waals surface area contributed by atoms with E-state index in [9.17, 15) is 14.4 Å². The van der Waals surface area contributed by atoms with Gasteiger partial charge in [-0.2, -0.15) is 0 Å². The number of carbonyl (C=O) groups excluding carboxylic acids is 3. The molecule has 5 rings (SSSR count). The van der Waals surface area contributed by atoms with Gasteiger partial charge in [0.2, 0.25) is 0 Å². The number of hydrogen-bond acceptors (Lipinski definition) is 8. The maximum Gasteiger partial charge on any atom is 0.313 e. The van der Waals surface area contributed by atoms with Gasteiger partial charge >= 0.3 is 11.9 Å². The molecule has 0 spiro atoms. The van der Waals surface area contributed by atoms with Crippen LogP contribution in [-0.4, -0.2) is 48.9 Å². The lowest BCUT2D eigenvalue weighted by atomic mass is 9.97. The number of fused-ring (bicyclic) bond motifs is 1. The first-order valence-corrected chi connectivity index (χ1v) is 16.0. The van der Waals surface area contributed by atoms with Gasteiger partial charge < -0.3 is 14.2 Å². The van der Waals surface area contributed by atoms with Crippen LogP contribution < -0.4 is 14.2 Å². The molecule has 3 aromatic carbocycles. The lowest BCUT2D eigenvalue weighted by Crippen LogP contribution is -2.25. The summed E-state index contributed by atoms with van der Waals surface area (Å²) >= 11 is 1.45. The molecule has 230 valence electrons. The van der Waals surface area contributed by atoms with Crippen LogP contribution in [-0.2, 0) is 9.59 Å². The number of esters is 2. The molecule has 1 saturated heterocycles. The molecule has 2 heterocycles. The van der Waals surface area contributed by atoms with Crippen molar-refractivity contribution in [1.82, 2.24) is 4.90 Å². The first kappa shape index (κ1) is 31.4. The van der Waals surface area contributed by atoms with Gasteiger partial charge in [0, 0.05) is 39.2 Å². The Bertz CT molecular complexity index is 1640. The van der Waals surface area contributed by atoms with E-state index in [0.29, 0.717) is 29.2 Å². The number of nitrogens with zero attached hydrogens (tertiary/aromatic N) is 1. The molecule has 0 aliphatic carbocycles. The van der Waals surface area contributed by atoms with Crippen LogP contribution in [0, 0.1) is 17.8 Å². The second-order valence-corrected chi connectivity index (χ2v) is 13.1. The smallest absolute Gasteiger partial charge is 0.313 e. The Labute approximate surface area is 262 Å². The molecular weight excluding hydrogens is 574 g/mol. The van der Waals surface area contributed by atoms with Gasteiger partial charge in [-0.15, -0.1) is 11.3 Å². The monoisotopic (exact) mass is 613 g/mol. The molecule has 7 nitrogen and oxygen atoms in total. The summed E-state index contributed by atoms with van der Waals surface area (Å²) in [7, 11) is 0. The van der Waals surface area contributed by atoms with E-state index in [1.165, 1.54) is 17.8 Å². The van der Waals surface area contributed by atoms with Crippen LogP contribution in [0.2, 0.25) is 0 Å². The van der Waals surface area contributed by atoms with Crippen LogP contribution >= 0.6 is 11.3 Å². The second kappa shape index (κ2) is 13.7. The van der Waals surface area contributed by atoms with Crippen molar-refractivity contribution in [1.29, 1.82) is 0 Å². The summed E-state index contributed by atoms with van der Waals surface area (Å²) in [6.07, 6.45) is 1.23. The van der Waals surface area contributed by atoms with Crippen molar-refractivity contribution in [3.8, 4) is 27.7 Å². The van der Waals surface area contributed by atoms with Crippen molar-refractivity contribution in [3.05, 3.63) is 77.9 Å². The van der Waals surface area contributed by atoms with Gasteiger partial charge in [-0.25, -0.2) is 0 Å². The van der Waals surface area contributed by atoms with Crippen molar-refractivity contribution in [2.75, 3.05) is 26.2 Å². The lowest BCUT2D eigenvalue weighted by molar-refractivity contribution is -0.138. The number of likely N-dealkylation sites (tertiary alicyclic amines) is 1. The Hall–Kier alpha value is -4.01. The number of carbonyl (C=O) groups is 3. The van der Waals surface area contributed by atoms with Gasteiger partial charge in [-0.1, -0.05) is 34.6 Å². The normalized spacial score (nSPS) is 15.2. The van der Waals surface area contributed by atoms with Crippen LogP contribution in [0.5, 0.6) is 17.2 Å². The van der Waals surface area contributed by atoms with E-state index in [4.69, 9.17) is 14.2 Å². The van der Waals surface area contributed by atoms with Crippen LogP contribution in [0.25, 0.3) is 20.5 Å². The van der Waals surface area contributed by atoms with Crippen molar-refractivity contribution in [3.63, 3.8) is 0 Å². The SMILES string of the molecule is CC1CCN(CCOc2ccc(C(=O)c3c(-c4ccc(OC(=O)C(C)C)cc4)sc4cc(OC(=O)C(C)C)ccc34)cc2)C1. The highest BCUT2D eigenvalue weighted by Gasteiger charge is 2.23. The zero-order valence-corrected chi connectivity index (χ0v) is 26.7. The minimum atomic E-state index is -0.318. The number of ketones is 1. The fourth-order valence-electron chi connectivity index (χ4n) is 5.08. The average Bonchev–Trinajstić information content (AvgIpc) is 3.60. The fraction of sp³-hybridized carbons (Fsp3) is 0.361. The number of ether oxygens (including phenoxy) is 3. The minimum Gasteiger partial charge on any atom is -0.492 e. The molecule has 1 aromatic heterocycles. The third kappa shape index (κ3) is 7.37. The van der Waals surface area contributed by atoms with Gasteiger partial charge in [0.15, 0.2) is 5.78 Å². The predicted molar refractivity (Wildman–Crippen MR) is 174 cm³/mol. The third-order valence-corrected chi connectivity index (χ3v) is 8.89. The van der Waals surface area contributed by atoms with Crippen LogP contribution in [0.15, 0.2) is 66.7 Å². The topological polar surface area (TPSA) is 82.1 Å². The highest BCUT2D eigenvalue weighted by molar-refractivity contribution is 7.22. The quantitative estimate of drug-likeness (QED) is 0.0977. The summed E-state index contributed by atoms with van der Waals surface area (Å²) < 4.78 is 17.8. The number of rotatable bonds is 11. The number of benzene rings is 3. The van der Waals surface area contributed by atoms with E-state index >= 15 is 0 Å². The highest BCUT2D eigenvalue weighted by atomic mass is 32.1. The zero-order chi connectivity index (χ0) is 31.4. The van der Waals surface area contributed by atoms with Gasteiger partial charge in [-0.3, -0.25) is 19.3 Å². The summed E-state index contributed by atoms with van der Waals surface area (Å²) in [6.45, 7) is 13.1. The average molecular weight is 614 g/mol. The first-order chi connectivity index (χ1) is 21.1. The third-order valence-electron chi connectivity index (χ3n) is 7.69. The number of hydrogen-bond donors (Lipinski definition) is 0. The Morgan fingerprint density at radius 1 is 0.841 bits per heavy atom. The van der Waals surface area contributed by atoms with Crippen molar-refractivity contribution < 1.29 is 28.6 Å². The molecule has 0 radical (unpaired) electrons. The molecule has 1 aliphatic heterocycles. The maximum atomic E-state index is 14.1. The Balaban J connectivity index is 1.42. The van der Waals surface area contributed by atoms with Gasteiger partial charge in [0.25, 0.3) is 0 Å². The van der Waals surface area contributed by atoms with E-state index in [1.54, 1.807) is 64.1 Å². The van der Waals surface area contributed by atoms with E-state index in [2.05, 4.69) is 11.8 Å². The molecule has 0 N–H and O–H groups in total. The van der Waals surface area contributed by atoms with Crippen molar-refractivity contribution in [2.45, 2.75) is 41.0 Å². The molecule has 0 bridgehead atoms. The first-order valence-electron chi connectivity index (χ1n) is 15.2. The molecule has 4 aromatic rings. The van der Waals surface area contributed by atoms with E-state index in [0.717, 1.165) is 51.8 Å². The van der Waals surface area contributed by atoms with Crippen molar-refractivity contribution >= 4 is 39.1 Å². The van der Waals surface area contributed by atoms with E-state index in [1.807, 2.05) is 30.3 Å². The molecule has 0 saturated carbocycles. The van der Waals surface area contributed by atoms with Gasteiger partial charge in [0.05, 0.1) is 11.8 Å². The highest BCUT2D eigenvalue weighted by Crippen LogP contribution is 2.42. The summed E-state index contributed by atoms with van der Waals surface area (Å²) in [5.74, 6) is 1.09. The van der Waals surface area contributed by atoms with E-state index in [-0.39, 0.29) is 29.6 Å². The molecule has 1 unspecified atom stereocenters. The standard InChI is InChI=1S/C36H39NO6S/c1-22(2)35(39)42-28-12-8-26(9-13-28)34-32(30-15-14-29(20-31(30)44-34)43-36(40)23(3)4)33(38)25-6-10-27(11-7-25)41-19-18-37-17-16-24(5)21-37/h6-15,20,22-24H,16-19,21H2,1-5H3. The van der Waals surface area contributed by atoms with Crippen molar-refractivity contribution in [2.24, 2.45) is 17.8 Å². The second-order valence-electron chi connectivity index (χ2n) is 12.0. The molecule has 1 fully saturated rings. The lowest BCUT2D eigenvalue weighted by Gasteiger charge is -2.15. The van der Waals surface area contributed by atoms with Crippen LogP contribution in [0.4, 0.5) is 0 Å². The van der Waals surface area contributed by atoms with Crippen LogP contribution in [0.1, 0.15) is 57.0 Å². The molecular formula is C36H39NO6S. The molecule has 1 atom stereocenters. The molecule has 44 heavy (non-hydrogen) atoms. The fourth-order valence-corrected chi connectivity index (χ4v) is 6.31. The molecule has 0 amide bonds. The Morgan fingerprint density at radius 2 is 1.45 bits per heavy atom. The zero-order valence-electron chi connectivity index (χ0n) is 25.9. The van der Waals surface area contributed by atoms with Crippen LogP contribution in [0.3, 0.4) is 0 Å². The maximum absolute atomic E-state index is 14.1. The summed E-state index contributed by atoms with van der Waals surface area (Å²) in [6, 6.07) is 19.8. The minimum absolute atomic E-state index is 0.119. The largest absolute Gasteiger partial charge is 0.492 e. The summed E-state index contributed by atoms with van der Waals surface area (Å²) in [5, 5.41) is 0.773. The number of thiophene rings is 1. The van der Waals surface area contributed by atoms with Gasteiger partial charge in [-0.05, 0) is 91.2 Å². The van der Waals surface area contributed by atoms with Gasteiger partial charge in [0.1, 0.15) is 23.9 Å².